The van der Waals surface area contributed by atoms with Gasteiger partial charge in [0.05, 0.1) is 57.3 Å². The van der Waals surface area contributed by atoms with Crippen molar-refractivity contribution in [2.75, 3.05) is 33.0 Å². The Morgan fingerprint density at radius 1 is 0.592 bits per heavy atom. The van der Waals surface area contributed by atoms with Crippen molar-refractivity contribution < 1.29 is 138 Å². The van der Waals surface area contributed by atoms with Crippen molar-refractivity contribution in [3.8, 4) is 0 Å². The molecule has 9 unspecified atom stereocenters. The van der Waals surface area contributed by atoms with E-state index in [-0.39, 0.29) is 0 Å². The van der Waals surface area contributed by atoms with Crippen LogP contribution in [0, 0.1) is 0 Å². The third-order valence-corrected chi connectivity index (χ3v) is 12.8. The molecule has 410 valence electrons. The minimum Gasteiger partial charge on any atom is -0.477 e. The van der Waals surface area contributed by atoms with Gasteiger partial charge in [0.25, 0.3) is 5.79 Å². The van der Waals surface area contributed by atoms with Crippen LogP contribution in [0.1, 0.15) is 34.1 Å². The molecule has 5 aliphatic heterocycles. The van der Waals surface area contributed by atoms with Crippen LogP contribution in [0.3, 0.4) is 0 Å². The van der Waals surface area contributed by atoms with Crippen molar-refractivity contribution in [3.63, 3.8) is 0 Å². The summed E-state index contributed by atoms with van der Waals surface area (Å²) in [5.74, 6) is -7.40. The molecule has 0 aromatic rings. The lowest BCUT2D eigenvalue weighted by Gasteiger charge is -2.51. The SMILES string of the molecule is CC(=O)NC1[C@H](OCC2O[C@@H](C)C(NC(C)=O)[C@@H](O[C@@H]3OC(CO)[C@H](O)[C@H](O[C@]4(C(=O)O)C[C@H](O)[C@@H](NC(C)=O)C([C@H](O)[C@H](O)CO)O4)C3O)[C@H]2O)OC(CO)[C@H](O[C@@H]2OC(CO)[C@H](O)[C@H](O)C2O)[C@@H]1O. The number of rotatable bonds is 19. The summed E-state index contributed by atoms with van der Waals surface area (Å²) in [6, 6.07) is -4.51. The Labute approximate surface area is 403 Å². The van der Waals surface area contributed by atoms with Gasteiger partial charge in [0.15, 0.2) is 18.9 Å². The molecule has 5 aliphatic rings. The van der Waals surface area contributed by atoms with Crippen LogP contribution in [-0.2, 0) is 61.8 Å². The van der Waals surface area contributed by atoms with Crippen LogP contribution in [0.15, 0.2) is 0 Å². The molecular weight excluding hydrogens is 970 g/mol. The Kier molecular flexibility index (Phi) is 20.7. The zero-order valence-electron chi connectivity index (χ0n) is 38.7. The standard InChI is InChI=1S/C40H67N3O28/c1-11-21(41-12(2)48)33(27(56)20(64-11)10-63-36-23(43-14(4)50)28(57)32(19(9-47)67-36)68-37-30(59)29(58)25(54)17(7-45)65-37)69-38-31(60)35(26(55)18(8-46)66-38)71-40(39(61)62)5-15(51)22(42-13(3)49)34(70-40)24(53)16(52)6-44/h11,15-38,44-47,51-60H,5-10H2,1-4H3,(H,41,48)(H,42,49)(H,43,50)(H,61,62)/t11-,15-,16+,17?,18?,19?,20?,21?,22+,23?,24+,25-,26-,27-,28+,29-,30?,31?,32-,33+,34?,35-,36+,37-,38-,40-/m0/s1. The van der Waals surface area contributed by atoms with Gasteiger partial charge in [0.2, 0.25) is 17.7 Å². The maximum Gasteiger partial charge on any atom is 0.364 e. The number of carboxylic acids is 1. The molecular formula is C40H67N3O28. The van der Waals surface area contributed by atoms with Gasteiger partial charge in [-0.3, -0.25) is 14.4 Å². The molecule has 18 N–H and O–H groups in total. The van der Waals surface area contributed by atoms with Crippen molar-refractivity contribution in [3.05, 3.63) is 0 Å². The quantitative estimate of drug-likeness (QED) is 0.0571. The fourth-order valence-corrected chi connectivity index (χ4v) is 9.09. The molecule has 71 heavy (non-hydrogen) atoms. The lowest BCUT2D eigenvalue weighted by Crippen LogP contribution is -2.71. The minimum atomic E-state index is -3.14. The largest absolute Gasteiger partial charge is 0.477 e. The number of carbonyl (C=O) groups is 4. The fraction of sp³-hybridized carbons (Fsp3) is 0.900. The van der Waals surface area contributed by atoms with Crippen LogP contribution in [0.5, 0.6) is 0 Å². The molecule has 31 heteroatoms. The van der Waals surface area contributed by atoms with Gasteiger partial charge in [-0.1, -0.05) is 0 Å². The highest BCUT2D eigenvalue weighted by molar-refractivity contribution is 5.77. The normalized spacial score (nSPS) is 45.0. The number of carboxylic acid groups (broad SMARTS) is 1. The van der Waals surface area contributed by atoms with E-state index in [1.165, 1.54) is 6.92 Å². The molecule has 31 nitrogen and oxygen atoms in total. The third kappa shape index (κ3) is 13.1. The smallest absolute Gasteiger partial charge is 0.364 e. The maximum atomic E-state index is 13.0. The number of nitrogens with one attached hydrogen (secondary N) is 3. The fourth-order valence-electron chi connectivity index (χ4n) is 9.09. The Balaban J connectivity index is 1.39. The van der Waals surface area contributed by atoms with E-state index in [0.29, 0.717) is 0 Å². The Morgan fingerprint density at radius 2 is 1.10 bits per heavy atom. The Hall–Kier alpha value is -3.04. The second-order valence-corrected chi connectivity index (χ2v) is 17.9. The molecule has 5 heterocycles. The number of aliphatic carboxylic acids is 1. The summed E-state index contributed by atoms with van der Waals surface area (Å²) in [7, 11) is 0. The second-order valence-electron chi connectivity index (χ2n) is 17.9. The highest BCUT2D eigenvalue weighted by Crippen LogP contribution is 2.39. The van der Waals surface area contributed by atoms with Crippen molar-refractivity contribution in [2.45, 2.75) is 193 Å². The van der Waals surface area contributed by atoms with Crippen LogP contribution in [0.25, 0.3) is 0 Å². The molecule has 3 amide bonds. The van der Waals surface area contributed by atoms with Crippen LogP contribution >= 0.6 is 0 Å². The number of ether oxygens (including phenoxy) is 9. The number of hydrogen-bond donors (Lipinski definition) is 18. The lowest BCUT2D eigenvalue weighted by molar-refractivity contribution is -0.378. The first-order valence-electron chi connectivity index (χ1n) is 22.5. The first-order valence-corrected chi connectivity index (χ1v) is 22.5. The molecule has 0 saturated carbocycles. The average Bonchev–Trinajstić information content (AvgIpc) is 3.31. The first-order chi connectivity index (χ1) is 33.3. The van der Waals surface area contributed by atoms with Crippen molar-refractivity contribution >= 4 is 23.7 Å². The molecule has 26 atom stereocenters. The number of amides is 3. The van der Waals surface area contributed by atoms with E-state index in [9.17, 15) is 95.8 Å². The molecule has 0 aliphatic carbocycles. The zero-order valence-corrected chi connectivity index (χ0v) is 38.7. The van der Waals surface area contributed by atoms with E-state index in [2.05, 4.69) is 16.0 Å². The molecule has 0 bridgehead atoms. The van der Waals surface area contributed by atoms with E-state index < -0.39 is 222 Å². The number of carbonyl (C=O) groups excluding carboxylic acids is 3. The predicted octanol–water partition coefficient (Wildman–Crippen LogP) is -11.2. The van der Waals surface area contributed by atoms with Gasteiger partial charge in [-0.25, -0.2) is 4.79 Å². The van der Waals surface area contributed by atoms with Crippen LogP contribution < -0.4 is 16.0 Å². The summed E-state index contributed by atoms with van der Waals surface area (Å²) in [4.78, 5) is 49.9. The van der Waals surface area contributed by atoms with Crippen LogP contribution in [0.2, 0.25) is 0 Å². The predicted molar refractivity (Wildman–Crippen MR) is 222 cm³/mol. The molecule has 5 saturated heterocycles. The second kappa shape index (κ2) is 25.0. The van der Waals surface area contributed by atoms with Gasteiger partial charge in [0.1, 0.15) is 110 Å². The van der Waals surface area contributed by atoms with Crippen molar-refractivity contribution in [2.24, 2.45) is 0 Å². The average molecular weight is 1040 g/mol. The molecule has 0 radical (unpaired) electrons. The van der Waals surface area contributed by atoms with Gasteiger partial charge >= 0.3 is 5.97 Å². The lowest BCUT2D eigenvalue weighted by atomic mass is 9.88. The van der Waals surface area contributed by atoms with Gasteiger partial charge in [0, 0.05) is 27.2 Å². The van der Waals surface area contributed by atoms with E-state index in [1.54, 1.807) is 0 Å². The van der Waals surface area contributed by atoms with Crippen molar-refractivity contribution in [1.82, 2.24) is 16.0 Å². The molecule has 0 aromatic heterocycles. The van der Waals surface area contributed by atoms with Gasteiger partial charge < -0.3 is 135 Å². The van der Waals surface area contributed by atoms with Gasteiger partial charge in [-0.05, 0) is 6.92 Å². The molecule has 5 fully saturated rings. The minimum absolute atomic E-state index is 0.689. The topological polar surface area (TPSA) is 491 Å². The number of aliphatic hydroxyl groups is 14. The van der Waals surface area contributed by atoms with E-state index in [0.717, 1.165) is 20.8 Å². The Morgan fingerprint density at radius 3 is 1.65 bits per heavy atom. The maximum absolute atomic E-state index is 13.0. The summed E-state index contributed by atoms with van der Waals surface area (Å²) < 4.78 is 51.9. The number of aliphatic hydroxyl groups excluding tert-OH is 14. The van der Waals surface area contributed by atoms with Gasteiger partial charge in [-0.15, -0.1) is 0 Å². The van der Waals surface area contributed by atoms with E-state index in [1.807, 2.05) is 0 Å². The monoisotopic (exact) mass is 1040 g/mol. The highest BCUT2D eigenvalue weighted by atomic mass is 16.8. The molecule has 5 rings (SSSR count). The highest BCUT2D eigenvalue weighted by Gasteiger charge is 2.60. The summed E-state index contributed by atoms with van der Waals surface area (Å²) in [5.41, 5.74) is 0. The zero-order chi connectivity index (χ0) is 53.0. The Bertz CT molecular complexity index is 1770. The molecule has 0 aromatic carbocycles. The third-order valence-electron chi connectivity index (χ3n) is 12.8. The van der Waals surface area contributed by atoms with E-state index in [4.69, 9.17) is 42.6 Å². The van der Waals surface area contributed by atoms with Crippen LogP contribution in [-0.4, -0.2) is 292 Å². The summed E-state index contributed by atoms with van der Waals surface area (Å²) in [5, 5.41) is 167. The van der Waals surface area contributed by atoms with Gasteiger partial charge in [-0.2, -0.15) is 0 Å². The van der Waals surface area contributed by atoms with Crippen molar-refractivity contribution in [1.29, 1.82) is 0 Å². The van der Waals surface area contributed by atoms with Crippen LogP contribution in [0.4, 0.5) is 0 Å². The van der Waals surface area contributed by atoms with E-state index >= 15 is 0 Å². The molecule has 0 spiro atoms. The number of hydrogen-bond acceptors (Lipinski definition) is 27. The summed E-state index contributed by atoms with van der Waals surface area (Å²) in [6.45, 7) is -0.0155. The first kappa shape index (κ1) is 58.8. The summed E-state index contributed by atoms with van der Waals surface area (Å²) in [6.07, 6.45) is -41.7. The summed E-state index contributed by atoms with van der Waals surface area (Å²) >= 11 is 0.